The van der Waals surface area contributed by atoms with Crippen LogP contribution in [0, 0.1) is 0 Å². The molecular weight excluding hydrogens is 330 g/mol. The minimum atomic E-state index is -0.124. The van der Waals surface area contributed by atoms with E-state index in [-0.39, 0.29) is 11.9 Å². The molecule has 0 bridgehead atoms. The van der Waals surface area contributed by atoms with Crippen LogP contribution in [0.15, 0.2) is 59.8 Å². The van der Waals surface area contributed by atoms with E-state index in [1.165, 1.54) is 5.56 Å². The summed E-state index contributed by atoms with van der Waals surface area (Å²) < 4.78 is 1.82. The van der Waals surface area contributed by atoms with Gasteiger partial charge in [0, 0.05) is 12.1 Å². The zero-order chi connectivity index (χ0) is 16.2. The first-order valence-electron chi connectivity index (χ1n) is 7.15. The van der Waals surface area contributed by atoms with Crippen molar-refractivity contribution in [3.05, 3.63) is 76.6 Å². The van der Waals surface area contributed by atoms with E-state index < -0.39 is 0 Å². The van der Waals surface area contributed by atoms with E-state index in [0.717, 1.165) is 10.7 Å². The van der Waals surface area contributed by atoms with E-state index in [2.05, 4.69) is 22.3 Å². The van der Waals surface area contributed by atoms with Gasteiger partial charge < -0.3 is 9.67 Å². The van der Waals surface area contributed by atoms with Crippen LogP contribution in [0.1, 0.15) is 22.2 Å². The maximum atomic E-state index is 9.28. The van der Waals surface area contributed by atoms with Gasteiger partial charge in [0.15, 0.2) is 11.0 Å². The van der Waals surface area contributed by atoms with Crippen molar-refractivity contribution in [1.29, 1.82) is 0 Å². The minimum absolute atomic E-state index is 0.0721. The van der Waals surface area contributed by atoms with Crippen molar-refractivity contribution in [1.82, 2.24) is 14.8 Å². The molecule has 0 radical (unpaired) electrons. The second-order valence-corrected chi connectivity index (χ2v) is 6.58. The SMILES string of the molecule is Cn1c(CO)nnc1SC(c1ccccc1)c1ccc(Cl)cc1. The van der Waals surface area contributed by atoms with E-state index >= 15 is 0 Å². The highest BCUT2D eigenvalue weighted by Crippen LogP contribution is 2.39. The Morgan fingerprint density at radius 3 is 2.30 bits per heavy atom. The smallest absolute Gasteiger partial charge is 0.191 e. The maximum absolute atomic E-state index is 9.28. The fraction of sp³-hybridized carbons (Fsp3) is 0.176. The zero-order valence-electron chi connectivity index (χ0n) is 12.6. The Kier molecular flexibility index (Phi) is 5.00. The molecule has 2 aromatic carbocycles. The third-order valence-corrected chi connectivity index (χ3v) is 5.16. The number of aliphatic hydroxyl groups excluding tert-OH is 1. The molecule has 0 fully saturated rings. The molecule has 0 aliphatic heterocycles. The standard InChI is InChI=1S/C17H16ClN3OS/c1-21-15(11-22)19-20-17(21)23-16(12-5-3-2-4-6-12)13-7-9-14(18)10-8-13/h2-10,16,22H,11H2,1H3. The van der Waals surface area contributed by atoms with Crippen LogP contribution in [0.2, 0.25) is 5.02 Å². The molecule has 1 N–H and O–H groups in total. The van der Waals surface area contributed by atoms with Gasteiger partial charge in [-0.2, -0.15) is 0 Å². The van der Waals surface area contributed by atoms with Gasteiger partial charge in [0.2, 0.25) is 0 Å². The molecule has 3 rings (SSSR count). The van der Waals surface area contributed by atoms with Crippen molar-refractivity contribution in [2.24, 2.45) is 7.05 Å². The quantitative estimate of drug-likeness (QED) is 0.714. The highest BCUT2D eigenvalue weighted by molar-refractivity contribution is 7.99. The highest BCUT2D eigenvalue weighted by atomic mass is 35.5. The Bertz CT molecular complexity index is 774. The van der Waals surface area contributed by atoms with Crippen LogP contribution < -0.4 is 0 Å². The van der Waals surface area contributed by atoms with Gasteiger partial charge in [-0.15, -0.1) is 10.2 Å². The summed E-state index contributed by atoms with van der Waals surface area (Å²) in [7, 11) is 1.86. The number of thioether (sulfide) groups is 1. The van der Waals surface area contributed by atoms with Crippen LogP contribution in [0.4, 0.5) is 0 Å². The molecular formula is C17H16ClN3OS. The lowest BCUT2D eigenvalue weighted by atomic mass is 10.0. The van der Waals surface area contributed by atoms with Crippen LogP contribution >= 0.6 is 23.4 Å². The Hall–Kier alpha value is -1.82. The number of hydrogen-bond acceptors (Lipinski definition) is 4. The molecule has 6 heteroatoms. The number of rotatable bonds is 5. The molecule has 23 heavy (non-hydrogen) atoms. The number of aliphatic hydroxyl groups is 1. The van der Waals surface area contributed by atoms with Gasteiger partial charge >= 0.3 is 0 Å². The molecule has 1 unspecified atom stereocenters. The first-order chi connectivity index (χ1) is 11.2. The number of halogens is 1. The molecule has 3 aromatic rings. The summed E-state index contributed by atoms with van der Waals surface area (Å²) in [5, 5.41) is 19.0. The Morgan fingerprint density at radius 1 is 1.04 bits per heavy atom. The van der Waals surface area contributed by atoms with Gasteiger partial charge in [0.1, 0.15) is 6.61 Å². The van der Waals surface area contributed by atoms with Crippen LogP contribution in [0.3, 0.4) is 0 Å². The molecule has 0 aliphatic carbocycles. The molecule has 1 heterocycles. The first-order valence-corrected chi connectivity index (χ1v) is 8.41. The Labute approximate surface area is 144 Å². The average molecular weight is 346 g/mol. The molecule has 1 atom stereocenters. The fourth-order valence-electron chi connectivity index (χ4n) is 2.28. The maximum Gasteiger partial charge on any atom is 0.191 e. The van der Waals surface area contributed by atoms with E-state index in [0.29, 0.717) is 10.8 Å². The molecule has 0 aliphatic rings. The van der Waals surface area contributed by atoms with E-state index in [1.807, 2.05) is 54.1 Å². The molecule has 4 nitrogen and oxygen atoms in total. The lowest BCUT2D eigenvalue weighted by Crippen LogP contribution is -2.02. The third-order valence-electron chi connectivity index (χ3n) is 3.56. The summed E-state index contributed by atoms with van der Waals surface area (Å²) in [6, 6.07) is 18.1. The number of nitrogens with zero attached hydrogens (tertiary/aromatic N) is 3. The van der Waals surface area contributed by atoms with Crippen molar-refractivity contribution in [2.75, 3.05) is 0 Å². The summed E-state index contributed by atoms with van der Waals surface area (Å²) in [5.41, 5.74) is 2.31. The number of aromatic nitrogens is 3. The van der Waals surface area contributed by atoms with E-state index in [1.54, 1.807) is 11.8 Å². The second kappa shape index (κ2) is 7.17. The number of hydrogen-bond donors (Lipinski definition) is 1. The predicted octanol–water partition coefficient (Wildman–Crippen LogP) is 3.84. The fourth-order valence-corrected chi connectivity index (χ4v) is 3.56. The van der Waals surface area contributed by atoms with Crippen LogP contribution in [0.5, 0.6) is 0 Å². The van der Waals surface area contributed by atoms with Crippen molar-refractivity contribution in [3.8, 4) is 0 Å². The summed E-state index contributed by atoms with van der Waals surface area (Å²) in [6.45, 7) is -0.124. The van der Waals surface area contributed by atoms with E-state index in [9.17, 15) is 5.11 Å². The van der Waals surface area contributed by atoms with Crippen LogP contribution in [0.25, 0.3) is 0 Å². The number of benzene rings is 2. The summed E-state index contributed by atoms with van der Waals surface area (Å²) in [4.78, 5) is 0. The van der Waals surface area contributed by atoms with Crippen molar-refractivity contribution >= 4 is 23.4 Å². The zero-order valence-corrected chi connectivity index (χ0v) is 14.1. The Balaban J connectivity index is 1.98. The van der Waals surface area contributed by atoms with Gasteiger partial charge in [0.25, 0.3) is 0 Å². The highest BCUT2D eigenvalue weighted by Gasteiger charge is 2.19. The molecule has 118 valence electrons. The molecule has 0 amide bonds. The minimum Gasteiger partial charge on any atom is -0.388 e. The monoisotopic (exact) mass is 345 g/mol. The van der Waals surface area contributed by atoms with Crippen molar-refractivity contribution in [2.45, 2.75) is 17.0 Å². The molecule has 0 saturated heterocycles. The Morgan fingerprint density at radius 2 is 1.70 bits per heavy atom. The van der Waals surface area contributed by atoms with Crippen LogP contribution in [-0.2, 0) is 13.7 Å². The van der Waals surface area contributed by atoms with Crippen molar-refractivity contribution in [3.63, 3.8) is 0 Å². The van der Waals surface area contributed by atoms with Crippen molar-refractivity contribution < 1.29 is 5.11 Å². The third kappa shape index (κ3) is 3.58. The normalized spacial score (nSPS) is 12.3. The van der Waals surface area contributed by atoms with Crippen LogP contribution in [-0.4, -0.2) is 19.9 Å². The van der Waals surface area contributed by atoms with Gasteiger partial charge in [-0.25, -0.2) is 0 Å². The second-order valence-electron chi connectivity index (χ2n) is 5.08. The lowest BCUT2D eigenvalue weighted by Gasteiger charge is -2.17. The summed E-state index contributed by atoms with van der Waals surface area (Å²) >= 11 is 7.61. The molecule has 0 saturated carbocycles. The molecule has 0 spiro atoms. The van der Waals surface area contributed by atoms with Gasteiger partial charge in [-0.1, -0.05) is 65.8 Å². The van der Waals surface area contributed by atoms with Gasteiger partial charge in [0.05, 0.1) is 5.25 Å². The predicted molar refractivity (Wildman–Crippen MR) is 92.5 cm³/mol. The van der Waals surface area contributed by atoms with E-state index in [4.69, 9.17) is 11.6 Å². The lowest BCUT2D eigenvalue weighted by molar-refractivity contribution is 0.266. The average Bonchev–Trinajstić information content (AvgIpc) is 2.94. The first kappa shape index (κ1) is 16.1. The van der Waals surface area contributed by atoms with Gasteiger partial charge in [-0.05, 0) is 23.3 Å². The van der Waals surface area contributed by atoms with Gasteiger partial charge in [-0.3, -0.25) is 0 Å². The largest absolute Gasteiger partial charge is 0.388 e. The molecule has 1 aromatic heterocycles. The summed E-state index contributed by atoms with van der Waals surface area (Å²) in [5.74, 6) is 0.551. The topological polar surface area (TPSA) is 50.9 Å². The summed E-state index contributed by atoms with van der Waals surface area (Å²) in [6.07, 6.45) is 0.